The molecule has 1 aromatic rings. The van der Waals surface area contributed by atoms with Crippen molar-refractivity contribution in [3.63, 3.8) is 0 Å². The van der Waals surface area contributed by atoms with E-state index in [1.54, 1.807) is 6.07 Å². The lowest BCUT2D eigenvalue weighted by atomic mass is 10.0. The molecule has 20 heavy (non-hydrogen) atoms. The zero-order valence-corrected chi connectivity index (χ0v) is 14.3. The van der Waals surface area contributed by atoms with Crippen molar-refractivity contribution in [3.8, 4) is 0 Å². The summed E-state index contributed by atoms with van der Waals surface area (Å²) in [5.74, 6) is -0.0334. The standard InChI is InChI=1S/C14H18Br2N2O2/c15-9-7-11(16)14(12(17)8-9)18-13(19)5-4-10-3-1-2-6-20-10/h7-8,10H,1-6,17H2,(H,18,19). The van der Waals surface area contributed by atoms with Crippen LogP contribution in [0.5, 0.6) is 0 Å². The van der Waals surface area contributed by atoms with Crippen molar-refractivity contribution in [3.05, 3.63) is 21.1 Å². The normalized spacial score (nSPS) is 18.8. The van der Waals surface area contributed by atoms with Crippen LogP contribution >= 0.6 is 31.9 Å². The van der Waals surface area contributed by atoms with Gasteiger partial charge in [0.15, 0.2) is 0 Å². The largest absolute Gasteiger partial charge is 0.397 e. The van der Waals surface area contributed by atoms with Gasteiger partial charge in [-0.3, -0.25) is 4.79 Å². The number of rotatable bonds is 4. The summed E-state index contributed by atoms with van der Waals surface area (Å²) in [6.07, 6.45) is 4.81. The van der Waals surface area contributed by atoms with Crippen LogP contribution in [0.3, 0.4) is 0 Å². The smallest absolute Gasteiger partial charge is 0.224 e. The highest BCUT2D eigenvalue weighted by Crippen LogP contribution is 2.32. The third-order valence-corrected chi connectivity index (χ3v) is 4.40. The minimum absolute atomic E-state index is 0.0334. The van der Waals surface area contributed by atoms with Crippen LogP contribution in [0.4, 0.5) is 11.4 Å². The second-order valence-electron chi connectivity index (χ2n) is 4.93. The van der Waals surface area contributed by atoms with E-state index in [0.717, 1.165) is 34.8 Å². The summed E-state index contributed by atoms with van der Waals surface area (Å²) in [6.45, 7) is 0.817. The SMILES string of the molecule is Nc1cc(Br)cc(Br)c1NC(=O)CCC1CCCCO1. The molecule has 6 heteroatoms. The Hall–Kier alpha value is -0.590. The minimum Gasteiger partial charge on any atom is -0.397 e. The van der Waals surface area contributed by atoms with Gasteiger partial charge in [0.1, 0.15) is 0 Å². The molecule has 0 aromatic heterocycles. The third-order valence-electron chi connectivity index (χ3n) is 3.32. The Morgan fingerprint density at radius 2 is 2.20 bits per heavy atom. The topological polar surface area (TPSA) is 64.3 Å². The Kier molecular flexibility index (Phi) is 5.86. The first-order chi connectivity index (χ1) is 9.56. The number of hydrogen-bond acceptors (Lipinski definition) is 3. The van der Waals surface area contributed by atoms with E-state index >= 15 is 0 Å². The number of halogens is 2. The number of carbonyl (C=O) groups is 1. The van der Waals surface area contributed by atoms with Gasteiger partial charge in [0.25, 0.3) is 0 Å². The zero-order valence-electron chi connectivity index (χ0n) is 11.1. The first kappa shape index (κ1) is 15.8. The van der Waals surface area contributed by atoms with Crippen molar-refractivity contribution >= 4 is 49.1 Å². The van der Waals surface area contributed by atoms with Crippen LogP contribution in [0.2, 0.25) is 0 Å². The first-order valence-electron chi connectivity index (χ1n) is 6.72. The molecule has 0 aliphatic carbocycles. The van der Waals surface area contributed by atoms with Gasteiger partial charge in [-0.1, -0.05) is 15.9 Å². The molecule has 1 aliphatic heterocycles. The summed E-state index contributed by atoms with van der Waals surface area (Å²) in [6, 6.07) is 3.63. The van der Waals surface area contributed by atoms with Gasteiger partial charge in [-0.05, 0) is 53.7 Å². The number of hydrogen-bond donors (Lipinski definition) is 2. The van der Waals surface area contributed by atoms with Gasteiger partial charge in [0.2, 0.25) is 5.91 Å². The van der Waals surface area contributed by atoms with Crippen LogP contribution < -0.4 is 11.1 Å². The Balaban J connectivity index is 1.88. The van der Waals surface area contributed by atoms with Crippen molar-refractivity contribution in [2.45, 2.75) is 38.2 Å². The number of ether oxygens (including phenoxy) is 1. The maximum atomic E-state index is 12.0. The van der Waals surface area contributed by atoms with E-state index in [9.17, 15) is 4.79 Å². The maximum absolute atomic E-state index is 12.0. The molecule has 1 heterocycles. The zero-order chi connectivity index (χ0) is 14.5. The van der Waals surface area contributed by atoms with Gasteiger partial charge in [0, 0.05) is 22.0 Å². The summed E-state index contributed by atoms with van der Waals surface area (Å²) in [5, 5.41) is 2.86. The molecule has 4 nitrogen and oxygen atoms in total. The lowest BCUT2D eigenvalue weighted by molar-refractivity contribution is -0.117. The fourth-order valence-electron chi connectivity index (χ4n) is 2.25. The molecule has 1 aliphatic rings. The molecule has 1 saturated heterocycles. The van der Waals surface area contributed by atoms with E-state index in [1.807, 2.05) is 6.07 Å². The highest BCUT2D eigenvalue weighted by molar-refractivity contribution is 9.11. The highest BCUT2D eigenvalue weighted by atomic mass is 79.9. The molecule has 1 unspecified atom stereocenters. The number of benzene rings is 1. The number of nitrogens with one attached hydrogen (secondary N) is 1. The monoisotopic (exact) mass is 404 g/mol. The molecule has 0 spiro atoms. The second kappa shape index (κ2) is 7.43. The molecule has 2 rings (SSSR count). The third kappa shape index (κ3) is 4.46. The number of anilines is 2. The quantitative estimate of drug-likeness (QED) is 0.741. The molecule has 1 amide bonds. The summed E-state index contributed by atoms with van der Waals surface area (Å²) in [5.41, 5.74) is 7.07. The van der Waals surface area contributed by atoms with Gasteiger partial charge < -0.3 is 15.8 Å². The van der Waals surface area contributed by atoms with Gasteiger partial charge in [-0.25, -0.2) is 0 Å². The fourth-order valence-corrected chi connectivity index (χ4v) is 3.61. The lowest BCUT2D eigenvalue weighted by Crippen LogP contribution is -2.22. The highest BCUT2D eigenvalue weighted by Gasteiger charge is 2.16. The van der Waals surface area contributed by atoms with Gasteiger partial charge in [-0.2, -0.15) is 0 Å². The number of nitrogen functional groups attached to an aromatic ring is 1. The van der Waals surface area contributed by atoms with Crippen LogP contribution in [0, 0.1) is 0 Å². The van der Waals surface area contributed by atoms with E-state index in [4.69, 9.17) is 10.5 Å². The number of amides is 1. The van der Waals surface area contributed by atoms with Crippen molar-refractivity contribution in [2.75, 3.05) is 17.7 Å². The van der Waals surface area contributed by atoms with Crippen LogP contribution in [-0.4, -0.2) is 18.6 Å². The van der Waals surface area contributed by atoms with E-state index in [1.165, 1.54) is 6.42 Å². The lowest BCUT2D eigenvalue weighted by Gasteiger charge is -2.22. The minimum atomic E-state index is -0.0334. The Bertz CT molecular complexity index is 465. The molecule has 1 atom stereocenters. The van der Waals surface area contributed by atoms with Crippen molar-refractivity contribution in [1.29, 1.82) is 0 Å². The molecule has 110 valence electrons. The summed E-state index contributed by atoms with van der Waals surface area (Å²) < 4.78 is 7.26. The number of nitrogens with two attached hydrogens (primary N) is 1. The van der Waals surface area contributed by atoms with Crippen LogP contribution in [-0.2, 0) is 9.53 Å². The van der Waals surface area contributed by atoms with Gasteiger partial charge >= 0.3 is 0 Å². The van der Waals surface area contributed by atoms with E-state index in [-0.39, 0.29) is 12.0 Å². The molecule has 3 N–H and O–H groups in total. The molecule has 0 bridgehead atoms. The molecule has 1 aromatic carbocycles. The molecular formula is C14H18Br2N2O2. The average molecular weight is 406 g/mol. The predicted octanol–water partition coefficient (Wildman–Crippen LogP) is 4.08. The Labute approximate surface area is 135 Å². The van der Waals surface area contributed by atoms with E-state index in [2.05, 4.69) is 37.2 Å². The van der Waals surface area contributed by atoms with E-state index in [0.29, 0.717) is 17.8 Å². The van der Waals surface area contributed by atoms with Crippen molar-refractivity contribution < 1.29 is 9.53 Å². The second-order valence-corrected chi connectivity index (χ2v) is 6.70. The van der Waals surface area contributed by atoms with Crippen LogP contribution in [0.15, 0.2) is 21.1 Å². The van der Waals surface area contributed by atoms with Gasteiger partial charge in [-0.15, -0.1) is 0 Å². The summed E-state index contributed by atoms with van der Waals surface area (Å²) in [7, 11) is 0. The molecule has 1 fully saturated rings. The van der Waals surface area contributed by atoms with Crippen LogP contribution in [0.1, 0.15) is 32.1 Å². The number of carbonyl (C=O) groups excluding carboxylic acids is 1. The summed E-state index contributed by atoms with van der Waals surface area (Å²) in [4.78, 5) is 12.0. The Morgan fingerprint density at radius 1 is 1.40 bits per heavy atom. The molecule has 0 radical (unpaired) electrons. The van der Waals surface area contributed by atoms with Gasteiger partial charge in [0.05, 0.1) is 17.5 Å². The van der Waals surface area contributed by atoms with Crippen LogP contribution in [0.25, 0.3) is 0 Å². The van der Waals surface area contributed by atoms with E-state index < -0.39 is 0 Å². The maximum Gasteiger partial charge on any atom is 0.224 e. The average Bonchev–Trinajstić information content (AvgIpc) is 2.42. The fraction of sp³-hybridized carbons (Fsp3) is 0.500. The first-order valence-corrected chi connectivity index (χ1v) is 8.31. The van der Waals surface area contributed by atoms with Crippen molar-refractivity contribution in [2.24, 2.45) is 0 Å². The molecule has 0 saturated carbocycles. The summed E-state index contributed by atoms with van der Waals surface area (Å²) >= 11 is 6.76. The predicted molar refractivity (Wildman–Crippen MR) is 87.7 cm³/mol. The molecular weight excluding hydrogens is 388 g/mol. The Morgan fingerprint density at radius 3 is 2.85 bits per heavy atom. The van der Waals surface area contributed by atoms with Crippen molar-refractivity contribution in [1.82, 2.24) is 0 Å².